The molecule has 1 unspecified atom stereocenters. The number of hydrogen-bond acceptors (Lipinski definition) is 5. The molecule has 0 radical (unpaired) electrons. The van der Waals surface area contributed by atoms with E-state index in [9.17, 15) is 4.79 Å². The van der Waals surface area contributed by atoms with Crippen LogP contribution < -0.4 is 0 Å². The molecule has 3 rings (SSSR count). The summed E-state index contributed by atoms with van der Waals surface area (Å²) in [6, 6.07) is 0. The highest BCUT2D eigenvalue weighted by Gasteiger charge is 2.31. The van der Waals surface area contributed by atoms with Gasteiger partial charge >= 0.3 is 0 Å². The van der Waals surface area contributed by atoms with E-state index in [0.717, 1.165) is 52.2 Å². The molecule has 3 aliphatic heterocycles. The maximum absolute atomic E-state index is 12.3. The smallest absolute Gasteiger partial charge is 0.236 e. The van der Waals surface area contributed by atoms with E-state index >= 15 is 0 Å². The van der Waals surface area contributed by atoms with Crippen molar-refractivity contribution in [2.75, 3.05) is 52.5 Å². The van der Waals surface area contributed by atoms with Gasteiger partial charge < -0.3 is 19.1 Å². The van der Waals surface area contributed by atoms with E-state index in [2.05, 4.69) is 4.90 Å². The van der Waals surface area contributed by atoms with Crippen molar-refractivity contribution in [3.8, 4) is 0 Å². The second-order valence-corrected chi connectivity index (χ2v) is 6.24. The third-order valence-corrected chi connectivity index (χ3v) is 4.62. The second kappa shape index (κ2) is 7.05. The summed E-state index contributed by atoms with van der Waals surface area (Å²) in [6.45, 7) is 8.02. The van der Waals surface area contributed by atoms with Crippen molar-refractivity contribution < 1.29 is 19.0 Å². The summed E-state index contributed by atoms with van der Waals surface area (Å²) >= 11 is 0. The molecule has 1 amide bonds. The first-order valence-corrected chi connectivity index (χ1v) is 8.07. The van der Waals surface area contributed by atoms with Crippen LogP contribution in [0.3, 0.4) is 0 Å². The standard InChI is InChI=1S/C15H26N2O4/c1-12-10-17(6-7-19-12)14(18)11-16-4-2-13(3-5-16)15-20-8-9-21-15/h12-13,15H,2-11H2,1H3. The van der Waals surface area contributed by atoms with Crippen molar-refractivity contribution in [3.63, 3.8) is 0 Å². The molecule has 3 aliphatic rings. The van der Waals surface area contributed by atoms with Gasteiger partial charge in [0.25, 0.3) is 0 Å². The van der Waals surface area contributed by atoms with Crippen LogP contribution in [0.5, 0.6) is 0 Å². The first kappa shape index (κ1) is 15.2. The number of hydrogen-bond donors (Lipinski definition) is 0. The zero-order valence-corrected chi connectivity index (χ0v) is 12.8. The number of carbonyl (C=O) groups excluding carboxylic acids is 1. The van der Waals surface area contributed by atoms with Gasteiger partial charge in [0.15, 0.2) is 6.29 Å². The van der Waals surface area contributed by atoms with Crippen LogP contribution in [0.2, 0.25) is 0 Å². The minimum absolute atomic E-state index is 0.0112. The Hall–Kier alpha value is -0.690. The van der Waals surface area contributed by atoms with Gasteiger partial charge in [-0.3, -0.25) is 9.69 Å². The first-order chi connectivity index (χ1) is 10.2. The minimum atomic E-state index is -0.0112. The molecule has 0 N–H and O–H groups in total. The molecular weight excluding hydrogens is 272 g/mol. The lowest BCUT2D eigenvalue weighted by molar-refractivity contribution is -0.140. The van der Waals surface area contributed by atoms with Crippen LogP contribution in [-0.2, 0) is 19.0 Å². The summed E-state index contributed by atoms with van der Waals surface area (Å²) < 4.78 is 16.7. The van der Waals surface area contributed by atoms with Gasteiger partial charge in [-0.05, 0) is 32.9 Å². The molecular formula is C15H26N2O4. The first-order valence-electron chi connectivity index (χ1n) is 8.07. The summed E-state index contributed by atoms with van der Waals surface area (Å²) in [5.41, 5.74) is 0. The number of rotatable bonds is 3. The fraction of sp³-hybridized carbons (Fsp3) is 0.933. The van der Waals surface area contributed by atoms with Gasteiger partial charge in [-0.15, -0.1) is 0 Å². The minimum Gasteiger partial charge on any atom is -0.375 e. The average Bonchev–Trinajstić information content (AvgIpc) is 3.02. The molecule has 0 aromatic carbocycles. The van der Waals surface area contributed by atoms with E-state index in [1.165, 1.54) is 0 Å². The van der Waals surface area contributed by atoms with Gasteiger partial charge in [-0.2, -0.15) is 0 Å². The zero-order chi connectivity index (χ0) is 14.7. The molecule has 120 valence electrons. The Bertz CT molecular complexity index is 352. The van der Waals surface area contributed by atoms with Crippen LogP contribution >= 0.6 is 0 Å². The lowest BCUT2D eigenvalue weighted by Gasteiger charge is -2.36. The number of piperidine rings is 1. The Morgan fingerprint density at radius 3 is 2.43 bits per heavy atom. The van der Waals surface area contributed by atoms with Gasteiger partial charge in [-0.25, -0.2) is 0 Å². The number of likely N-dealkylation sites (tertiary alicyclic amines) is 1. The van der Waals surface area contributed by atoms with Crippen molar-refractivity contribution >= 4 is 5.91 Å². The SMILES string of the molecule is CC1CN(C(=O)CN2CCC(C3OCCO3)CC2)CCO1. The summed E-state index contributed by atoms with van der Waals surface area (Å²) in [6.07, 6.45) is 2.25. The maximum Gasteiger partial charge on any atom is 0.236 e. The van der Waals surface area contributed by atoms with E-state index in [1.54, 1.807) is 0 Å². The van der Waals surface area contributed by atoms with Gasteiger partial charge in [0.05, 0.1) is 32.5 Å². The van der Waals surface area contributed by atoms with E-state index in [1.807, 2.05) is 11.8 Å². The van der Waals surface area contributed by atoms with Crippen LogP contribution in [-0.4, -0.2) is 80.6 Å². The fourth-order valence-electron chi connectivity index (χ4n) is 3.37. The normalized spacial score (nSPS) is 30.0. The Balaban J connectivity index is 1.41. The maximum atomic E-state index is 12.3. The summed E-state index contributed by atoms with van der Waals surface area (Å²) in [5, 5.41) is 0. The van der Waals surface area contributed by atoms with Crippen molar-refractivity contribution in [1.82, 2.24) is 9.80 Å². The quantitative estimate of drug-likeness (QED) is 0.751. The molecule has 3 heterocycles. The van der Waals surface area contributed by atoms with Gasteiger partial charge in [-0.1, -0.05) is 0 Å². The van der Waals surface area contributed by atoms with Gasteiger partial charge in [0, 0.05) is 19.0 Å². The van der Waals surface area contributed by atoms with Crippen LogP contribution in [0.1, 0.15) is 19.8 Å². The summed E-state index contributed by atoms with van der Waals surface area (Å²) in [5.74, 6) is 0.722. The summed E-state index contributed by atoms with van der Waals surface area (Å²) in [4.78, 5) is 16.5. The Morgan fingerprint density at radius 1 is 1.05 bits per heavy atom. The highest BCUT2D eigenvalue weighted by Crippen LogP contribution is 2.25. The topological polar surface area (TPSA) is 51.2 Å². The molecule has 3 fully saturated rings. The lowest BCUT2D eigenvalue weighted by atomic mass is 9.96. The van der Waals surface area contributed by atoms with Crippen molar-refractivity contribution in [2.24, 2.45) is 5.92 Å². The van der Waals surface area contributed by atoms with Crippen molar-refractivity contribution in [2.45, 2.75) is 32.2 Å². The van der Waals surface area contributed by atoms with E-state index in [4.69, 9.17) is 14.2 Å². The Kier molecular flexibility index (Phi) is 5.11. The third kappa shape index (κ3) is 3.94. The molecule has 3 saturated heterocycles. The third-order valence-electron chi connectivity index (χ3n) is 4.62. The molecule has 21 heavy (non-hydrogen) atoms. The van der Waals surface area contributed by atoms with Crippen molar-refractivity contribution in [3.05, 3.63) is 0 Å². The zero-order valence-electron chi connectivity index (χ0n) is 12.8. The average molecular weight is 298 g/mol. The lowest BCUT2D eigenvalue weighted by Crippen LogP contribution is -2.49. The predicted octanol–water partition coefficient (Wildman–Crippen LogP) is 0.319. The second-order valence-electron chi connectivity index (χ2n) is 6.24. The van der Waals surface area contributed by atoms with Crippen LogP contribution in [0, 0.1) is 5.92 Å². The number of nitrogens with zero attached hydrogens (tertiary/aromatic N) is 2. The Morgan fingerprint density at radius 2 is 1.76 bits per heavy atom. The van der Waals surface area contributed by atoms with Gasteiger partial charge in [0.1, 0.15) is 0 Å². The molecule has 6 heteroatoms. The molecule has 0 bridgehead atoms. The number of carbonyl (C=O) groups is 1. The van der Waals surface area contributed by atoms with E-state index in [0.29, 0.717) is 19.1 Å². The summed E-state index contributed by atoms with van der Waals surface area (Å²) in [7, 11) is 0. The number of amides is 1. The predicted molar refractivity (Wildman–Crippen MR) is 76.9 cm³/mol. The molecule has 6 nitrogen and oxygen atoms in total. The highest BCUT2D eigenvalue weighted by atomic mass is 16.7. The molecule has 0 aromatic rings. The van der Waals surface area contributed by atoms with Crippen LogP contribution in [0.4, 0.5) is 0 Å². The molecule has 0 spiro atoms. The van der Waals surface area contributed by atoms with Crippen LogP contribution in [0.25, 0.3) is 0 Å². The molecule has 0 saturated carbocycles. The van der Waals surface area contributed by atoms with E-state index < -0.39 is 0 Å². The van der Waals surface area contributed by atoms with Crippen LogP contribution in [0.15, 0.2) is 0 Å². The monoisotopic (exact) mass is 298 g/mol. The molecule has 1 atom stereocenters. The highest BCUT2D eigenvalue weighted by molar-refractivity contribution is 5.78. The van der Waals surface area contributed by atoms with Gasteiger partial charge in [0.2, 0.25) is 5.91 Å². The molecule has 0 aliphatic carbocycles. The van der Waals surface area contributed by atoms with E-state index in [-0.39, 0.29) is 18.3 Å². The number of ether oxygens (including phenoxy) is 3. The molecule has 0 aromatic heterocycles. The number of morpholine rings is 1. The Labute approximate surface area is 126 Å². The van der Waals surface area contributed by atoms with Crippen molar-refractivity contribution in [1.29, 1.82) is 0 Å². The fourth-order valence-corrected chi connectivity index (χ4v) is 3.37. The largest absolute Gasteiger partial charge is 0.375 e.